The average Bonchev–Trinajstić information content (AvgIpc) is 3.11. The molecule has 1 fully saturated rings. The Balaban J connectivity index is 1.52. The molecule has 3 heterocycles. The predicted molar refractivity (Wildman–Crippen MR) is 99.4 cm³/mol. The van der Waals surface area contributed by atoms with Crippen LogP contribution in [-0.2, 0) is 9.53 Å². The van der Waals surface area contributed by atoms with E-state index < -0.39 is 0 Å². The van der Waals surface area contributed by atoms with Crippen LogP contribution in [0.15, 0.2) is 47.9 Å². The molecule has 26 heavy (non-hydrogen) atoms. The zero-order valence-corrected chi connectivity index (χ0v) is 15.2. The fraction of sp³-hybridized carbons (Fsp3) is 0.333. The number of rotatable bonds is 4. The molecule has 1 atom stereocenters. The summed E-state index contributed by atoms with van der Waals surface area (Å²) >= 11 is 1.42. The van der Waals surface area contributed by atoms with E-state index in [1.54, 1.807) is 10.9 Å². The fourth-order valence-electron chi connectivity index (χ4n) is 2.96. The Morgan fingerprint density at radius 1 is 1.31 bits per heavy atom. The molecule has 0 N–H and O–H groups in total. The minimum absolute atomic E-state index is 0.0903. The molecule has 0 saturated carbocycles. The van der Waals surface area contributed by atoms with E-state index in [-0.39, 0.29) is 12.0 Å². The van der Waals surface area contributed by atoms with E-state index in [4.69, 9.17) is 4.74 Å². The SMILES string of the molecule is CC1CN(C(=O)CSc2ncnc3c2cnn3-c2ccccc2)CCO1. The summed E-state index contributed by atoms with van der Waals surface area (Å²) in [5.41, 5.74) is 1.68. The van der Waals surface area contributed by atoms with Crippen LogP contribution in [0.25, 0.3) is 16.7 Å². The van der Waals surface area contributed by atoms with Crippen LogP contribution in [0.2, 0.25) is 0 Å². The standard InChI is InChI=1S/C18H19N5O2S/c1-13-10-22(7-8-25-13)16(24)11-26-18-15-9-21-23(17(15)19-12-20-18)14-5-3-2-4-6-14/h2-6,9,12-13H,7-8,10-11H2,1H3. The third-order valence-electron chi connectivity index (χ3n) is 4.26. The number of nitrogens with zero attached hydrogens (tertiary/aromatic N) is 5. The number of carbonyl (C=O) groups is 1. The van der Waals surface area contributed by atoms with Gasteiger partial charge in [0.25, 0.3) is 0 Å². The number of benzene rings is 1. The molecule has 1 unspecified atom stereocenters. The van der Waals surface area contributed by atoms with Gasteiger partial charge in [-0.3, -0.25) is 4.79 Å². The highest BCUT2D eigenvalue weighted by Gasteiger charge is 2.22. The van der Waals surface area contributed by atoms with Gasteiger partial charge < -0.3 is 9.64 Å². The van der Waals surface area contributed by atoms with Gasteiger partial charge >= 0.3 is 0 Å². The summed E-state index contributed by atoms with van der Waals surface area (Å²) in [6, 6.07) is 9.84. The molecule has 1 saturated heterocycles. The zero-order valence-electron chi connectivity index (χ0n) is 14.4. The van der Waals surface area contributed by atoms with E-state index in [1.165, 1.54) is 18.1 Å². The lowest BCUT2D eigenvalue weighted by Crippen LogP contribution is -2.45. The topological polar surface area (TPSA) is 73.1 Å². The van der Waals surface area contributed by atoms with Crippen molar-refractivity contribution in [3.05, 3.63) is 42.9 Å². The number of carbonyl (C=O) groups excluding carboxylic acids is 1. The van der Waals surface area contributed by atoms with Crippen LogP contribution in [0, 0.1) is 0 Å². The smallest absolute Gasteiger partial charge is 0.233 e. The Morgan fingerprint density at radius 3 is 2.96 bits per heavy atom. The van der Waals surface area contributed by atoms with Gasteiger partial charge in [-0.15, -0.1) is 0 Å². The Morgan fingerprint density at radius 2 is 2.15 bits per heavy atom. The molecular weight excluding hydrogens is 350 g/mol. The van der Waals surface area contributed by atoms with Crippen molar-refractivity contribution >= 4 is 28.7 Å². The molecule has 8 heteroatoms. The second-order valence-corrected chi connectivity index (χ2v) is 7.08. The lowest BCUT2D eigenvalue weighted by Gasteiger charge is -2.31. The quantitative estimate of drug-likeness (QED) is 0.518. The lowest BCUT2D eigenvalue weighted by atomic mass is 10.3. The highest BCUT2D eigenvalue weighted by atomic mass is 32.2. The maximum atomic E-state index is 12.5. The number of ether oxygens (including phenoxy) is 1. The molecule has 0 aliphatic carbocycles. The summed E-state index contributed by atoms with van der Waals surface area (Å²) < 4.78 is 7.28. The second-order valence-electron chi connectivity index (χ2n) is 6.12. The number of thioether (sulfide) groups is 1. The van der Waals surface area contributed by atoms with Gasteiger partial charge in [-0.25, -0.2) is 14.6 Å². The molecule has 0 spiro atoms. The predicted octanol–water partition coefficient (Wildman–Crippen LogP) is 2.15. The van der Waals surface area contributed by atoms with Gasteiger partial charge in [0.1, 0.15) is 11.4 Å². The average molecular weight is 369 g/mol. The molecule has 3 aromatic rings. The molecule has 2 aromatic heterocycles. The van der Waals surface area contributed by atoms with Crippen LogP contribution < -0.4 is 0 Å². The summed E-state index contributed by atoms with van der Waals surface area (Å²) in [7, 11) is 0. The Labute approximate surface area is 155 Å². The van der Waals surface area contributed by atoms with Gasteiger partial charge in [0.15, 0.2) is 5.65 Å². The lowest BCUT2D eigenvalue weighted by molar-refractivity contribution is -0.135. The van der Waals surface area contributed by atoms with Crippen LogP contribution in [0.3, 0.4) is 0 Å². The Kier molecular flexibility index (Phi) is 4.85. The van der Waals surface area contributed by atoms with Crippen LogP contribution >= 0.6 is 11.8 Å². The first kappa shape index (κ1) is 17.0. The molecule has 1 aromatic carbocycles. The summed E-state index contributed by atoms with van der Waals surface area (Å²) in [5.74, 6) is 0.447. The van der Waals surface area contributed by atoms with Crippen molar-refractivity contribution in [2.75, 3.05) is 25.4 Å². The first-order valence-electron chi connectivity index (χ1n) is 8.48. The van der Waals surface area contributed by atoms with Gasteiger partial charge in [-0.2, -0.15) is 5.10 Å². The first-order valence-corrected chi connectivity index (χ1v) is 9.47. The fourth-order valence-corrected chi connectivity index (χ4v) is 3.83. The van der Waals surface area contributed by atoms with Crippen LogP contribution in [-0.4, -0.2) is 62.1 Å². The largest absolute Gasteiger partial charge is 0.375 e. The van der Waals surface area contributed by atoms with E-state index in [1.807, 2.05) is 42.2 Å². The molecular formula is C18H19N5O2S. The van der Waals surface area contributed by atoms with E-state index >= 15 is 0 Å². The summed E-state index contributed by atoms with van der Waals surface area (Å²) in [5, 5.41) is 6.06. The number of aromatic nitrogens is 4. The number of hydrogen-bond donors (Lipinski definition) is 0. The highest BCUT2D eigenvalue weighted by molar-refractivity contribution is 8.00. The van der Waals surface area contributed by atoms with Crippen molar-refractivity contribution in [3.63, 3.8) is 0 Å². The molecule has 1 aliphatic heterocycles. The van der Waals surface area contributed by atoms with Crippen molar-refractivity contribution in [2.45, 2.75) is 18.1 Å². The minimum Gasteiger partial charge on any atom is -0.375 e. The third kappa shape index (κ3) is 3.42. The van der Waals surface area contributed by atoms with Gasteiger partial charge in [0, 0.05) is 13.1 Å². The van der Waals surface area contributed by atoms with Gasteiger partial charge in [-0.05, 0) is 19.1 Å². The van der Waals surface area contributed by atoms with Crippen LogP contribution in [0.4, 0.5) is 0 Å². The van der Waals surface area contributed by atoms with Crippen molar-refractivity contribution in [2.24, 2.45) is 0 Å². The van der Waals surface area contributed by atoms with E-state index in [0.717, 1.165) is 21.7 Å². The number of amides is 1. The van der Waals surface area contributed by atoms with E-state index in [9.17, 15) is 4.79 Å². The van der Waals surface area contributed by atoms with Crippen LogP contribution in [0.5, 0.6) is 0 Å². The minimum atomic E-state index is 0.0903. The van der Waals surface area contributed by atoms with Crippen molar-refractivity contribution in [1.29, 1.82) is 0 Å². The Hall–Kier alpha value is -2.45. The van der Waals surface area contributed by atoms with E-state index in [2.05, 4.69) is 15.1 Å². The summed E-state index contributed by atoms with van der Waals surface area (Å²) in [6.07, 6.45) is 3.37. The maximum absolute atomic E-state index is 12.5. The molecule has 1 amide bonds. The number of hydrogen-bond acceptors (Lipinski definition) is 6. The molecule has 0 bridgehead atoms. The summed E-state index contributed by atoms with van der Waals surface area (Å²) in [4.78, 5) is 23.0. The monoisotopic (exact) mass is 369 g/mol. The molecule has 134 valence electrons. The maximum Gasteiger partial charge on any atom is 0.233 e. The first-order chi connectivity index (χ1) is 12.7. The molecule has 7 nitrogen and oxygen atoms in total. The number of fused-ring (bicyclic) bond motifs is 1. The second kappa shape index (κ2) is 7.43. The van der Waals surface area contributed by atoms with Crippen molar-refractivity contribution in [1.82, 2.24) is 24.6 Å². The van der Waals surface area contributed by atoms with Gasteiger partial charge in [0.05, 0.1) is 35.7 Å². The number of para-hydroxylation sites is 1. The molecule has 1 aliphatic rings. The van der Waals surface area contributed by atoms with Gasteiger partial charge in [0.2, 0.25) is 5.91 Å². The third-order valence-corrected chi connectivity index (χ3v) is 5.25. The molecule has 4 rings (SSSR count). The van der Waals surface area contributed by atoms with E-state index in [0.29, 0.717) is 25.4 Å². The highest BCUT2D eigenvalue weighted by Crippen LogP contribution is 2.26. The normalized spacial score (nSPS) is 17.6. The van der Waals surface area contributed by atoms with Gasteiger partial charge in [-0.1, -0.05) is 30.0 Å². The summed E-state index contributed by atoms with van der Waals surface area (Å²) in [6.45, 7) is 3.87. The zero-order chi connectivity index (χ0) is 17.9. The Bertz CT molecular complexity index is 914. The van der Waals surface area contributed by atoms with Crippen molar-refractivity contribution < 1.29 is 9.53 Å². The number of morpholine rings is 1. The molecule has 0 radical (unpaired) electrons. The van der Waals surface area contributed by atoms with Crippen molar-refractivity contribution in [3.8, 4) is 5.69 Å². The van der Waals surface area contributed by atoms with Crippen LogP contribution in [0.1, 0.15) is 6.92 Å².